The van der Waals surface area contributed by atoms with Crippen LogP contribution in [-0.2, 0) is 18.5 Å². The van der Waals surface area contributed by atoms with Gasteiger partial charge in [-0.15, -0.1) is 5.10 Å². The van der Waals surface area contributed by atoms with E-state index < -0.39 is 0 Å². The van der Waals surface area contributed by atoms with Crippen molar-refractivity contribution in [3.8, 4) is 0 Å². The Morgan fingerprint density at radius 1 is 1.10 bits per heavy atom. The van der Waals surface area contributed by atoms with Crippen molar-refractivity contribution in [2.45, 2.75) is 53.1 Å². The molecule has 2 aromatic rings. The molecule has 0 saturated carbocycles. The van der Waals surface area contributed by atoms with Gasteiger partial charge in [0.05, 0.1) is 18.4 Å². The molecule has 0 radical (unpaired) electrons. The summed E-state index contributed by atoms with van der Waals surface area (Å²) in [4.78, 5) is 11.5. The van der Waals surface area contributed by atoms with E-state index in [9.17, 15) is 0 Å². The van der Waals surface area contributed by atoms with Crippen LogP contribution < -0.4 is 4.90 Å². The summed E-state index contributed by atoms with van der Waals surface area (Å²) >= 11 is 0. The first-order valence-electron chi connectivity index (χ1n) is 7.25. The highest BCUT2D eigenvalue weighted by molar-refractivity contribution is 5.51. The van der Waals surface area contributed by atoms with E-state index >= 15 is 0 Å². The van der Waals surface area contributed by atoms with Crippen molar-refractivity contribution in [2.24, 2.45) is 0 Å². The second kappa shape index (κ2) is 4.76. The molecule has 0 amide bonds. The lowest BCUT2D eigenvalue weighted by molar-refractivity contribution is 0.541. The highest BCUT2D eigenvalue weighted by Crippen LogP contribution is 2.29. The van der Waals surface area contributed by atoms with Gasteiger partial charge in [-0.3, -0.25) is 0 Å². The van der Waals surface area contributed by atoms with E-state index in [1.54, 1.807) is 6.20 Å². The zero-order valence-corrected chi connectivity index (χ0v) is 13.3. The Morgan fingerprint density at radius 3 is 2.57 bits per heavy atom. The summed E-state index contributed by atoms with van der Waals surface area (Å²) in [7, 11) is 0. The number of fused-ring (bicyclic) bond motifs is 1. The molecule has 5 nitrogen and oxygen atoms in total. The predicted octanol–water partition coefficient (Wildman–Crippen LogP) is 2.70. The summed E-state index contributed by atoms with van der Waals surface area (Å²) in [5.74, 6) is 1.85. The van der Waals surface area contributed by atoms with Gasteiger partial charge in [0.2, 0.25) is 0 Å². The SMILES string of the molecule is Cc1cnnc(N2Cc3cnc(C(C)(C)C)nc3C2)c1C. The smallest absolute Gasteiger partial charge is 0.155 e. The van der Waals surface area contributed by atoms with Crippen LogP contribution in [0.1, 0.15) is 49.0 Å². The second-order valence-electron chi connectivity index (χ2n) is 6.75. The normalized spacial score (nSPS) is 14.4. The van der Waals surface area contributed by atoms with Crippen LogP contribution in [0.5, 0.6) is 0 Å². The van der Waals surface area contributed by atoms with Gasteiger partial charge in [-0.25, -0.2) is 9.97 Å². The molecule has 21 heavy (non-hydrogen) atoms. The monoisotopic (exact) mass is 283 g/mol. The van der Waals surface area contributed by atoms with Crippen molar-refractivity contribution in [2.75, 3.05) is 4.90 Å². The van der Waals surface area contributed by atoms with E-state index in [1.165, 1.54) is 11.1 Å². The lowest BCUT2D eigenvalue weighted by Crippen LogP contribution is -2.19. The minimum Gasteiger partial charge on any atom is -0.345 e. The molecule has 0 aromatic carbocycles. The number of aryl methyl sites for hydroxylation is 1. The third kappa shape index (κ3) is 2.48. The largest absolute Gasteiger partial charge is 0.345 e. The van der Waals surface area contributed by atoms with Gasteiger partial charge in [0.25, 0.3) is 0 Å². The van der Waals surface area contributed by atoms with Gasteiger partial charge < -0.3 is 4.90 Å². The van der Waals surface area contributed by atoms with Crippen LogP contribution >= 0.6 is 0 Å². The highest BCUT2D eigenvalue weighted by atomic mass is 15.3. The fourth-order valence-electron chi connectivity index (χ4n) is 2.48. The van der Waals surface area contributed by atoms with Crippen molar-refractivity contribution < 1.29 is 0 Å². The summed E-state index contributed by atoms with van der Waals surface area (Å²) in [5, 5.41) is 8.38. The second-order valence-corrected chi connectivity index (χ2v) is 6.75. The maximum atomic E-state index is 4.75. The van der Waals surface area contributed by atoms with E-state index in [1.807, 2.05) is 6.20 Å². The highest BCUT2D eigenvalue weighted by Gasteiger charge is 2.26. The Hall–Kier alpha value is -2.04. The van der Waals surface area contributed by atoms with E-state index in [4.69, 9.17) is 4.98 Å². The molecule has 1 aliphatic rings. The quantitative estimate of drug-likeness (QED) is 0.805. The first-order valence-corrected chi connectivity index (χ1v) is 7.25. The fourth-order valence-corrected chi connectivity index (χ4v) is 2.48. The molecule has 0 spiro atoms. The first-order chi connectivity index (χ1) is 9.86. The van der Waals surface area contributed by atoms with Crippen molar-refractivity contribution in [1.29, 1.82) is 0 Å². The Bertz CT molecular complexity index is 688. The molecule has 110 valence electrons. The average molecular weight is 283 g/mol. The number of hydrogen-bond acceptors (Lipinski definition) is 5. The summed E-state index contributed by atoms with van der Waals surface area (Å²) in [5.41, 5.74) is 4.61. The van der Waals surface area contributed by atoms with Crippen LogP contribution in [0.2, 0.25) is 0 Å². The molecular weight excluding hydrogens is 262 g/mol. The Balaban J connectivity index is 1.93. The summed E-state index contributed by atoms with van der Waals surface area (Å²) in [6, 6.07) is 0. The Morgan fingerprint density at radius 2 is 1.86 bits per heavy atom. The molecule has 0 unspecified atom stereocenters. The molecule has 3 heterocycles. The van der Waals surface area contributed by atoms with Gasteiger partial charge in [0, 0.05) is 23.7 Å². The molecule has 0 aliphatic carbocycles. The molecule has 0 N–H and O–H groups in total. The lowest BCUT2D eigenvalue weighted by Gasteiger charge is -2.18. The lowest BCUT2D eigenvalue weighted by atomic mass is 9.95. The molecule has 5 heteroatoms. The third-order valence-electron chi connectivity index (χ3n) is 3.96. The number of aromatic nitrogens is 4. The van der Waals surface area contributed by atoms with Crippen LogP contribution in [-0.4, -0.2) is 20.2 Å². The number of nitrogens with zero attached hydrogens (tertiary/aromatic N) is 5. The zero-order valence-electron chi connectivity index (χ0n) is 13.3. The first kappa shape index (κ1) is 13.9. The van der Waals surface area contributed by atoms with E-state index in [-0.39, 0.29) is 5.41 Å². The van der Waals surface area contributed by atoms with Crippen molar-refractivity contribution in [3.63, 3.8) is 0 Å². The van der Waals surface area contributed by atoms with Gasteiger partial charge >= 0.3 is 0 Å². The Kier molecular flexibility index (Phi) is 3.15. The van der Waals surface area contributed by atoms with Crippen LogP contribution in [0.4, 0.5) is 5.82 Å². The van der Waals surface area contributed by atoms with Gasteiger partial charge in [-0.05, 0) is 25.0 Å². The molecule has 2 aromatic heterocycles. The van der Waals surface area contributed by atoms with Gasteiger partial charge in [0.15, 0.2) is 5.82 Å². The number of rotatable bonds is 1. The van der Waals surface area contributed by atoms with Crippen LogP contribution in [0.25, 0.3) is 0 Å². The van der Waals surface area contributed by atoms with Crippen molar-refractivity contribution in [3.05, 3.63) is 40.6 Å². The summed E-state index contributed by atoms with van der Waals surface area (Å²) in [6.07, 6.45) is 3.76. The standard InChI is InChI=1S/C16H21N5/c1-10-6-18-20-14(11(10)2)21-8-12-7-17-15(16(3,4)5)19-13(12)9-21/h6-7H,8-9H2,1-5H3. The minimum absolute atomic E-state index is 0.0263. The molecule has 0 bridgehead atoms. The molecule has 3 rings (SSSR count). The maximum Gasteiger partial charge on any atom is 0.155 e. The summed E-state index contributed by atoms with van der Waals surface area (Å²) < 4.78 is 0. The number of anilines is 1. The van der Waals surface area contributed by atoms with E-state index in [2.05, 4.69) is 54.7 Å². The molecule has 0 atom stereocenters. The van der Waals surface area contributed by atoms with Gasteiger partial charge in [-0.1, -0.05) is 20.8 Å². The molecule has 1 aliphatic heterocycles. The van der Waals surface area contributed by atoms with Crippen molar-refractivity contribution in [1.82, 2.24) is 20.2 Å². The molecule has 0 saturated heterocycles. The predicted molar refractivity (Wildman–Crippen MR) is 82.1 cm³/mol. The topological polar surface area (TPSA) is 54.8 Å². The third-order valence-corrected chi connectivity index (χ3v) is 3.96. The van der Waals surface area contributed by atoms with E-state index in [0.29, 0.717) is 0 Å². The maximum absolute atomic E-state index is 4.75. The fraction of sp³-hybridized carbons (Fsp3) is 0.500. The average Bonchev–Trinajstić information content (AvgIpc) is 2.83. The van der Waals surface area contributed by atoms with E-state index in [0.717, 1.165) is 36.0 Å². The van der Waals surface area contributed by atoms with Crippen molar-refractivity contribution >= 4 is 5.82 Å². The van der Waals surface area contributed by atoms with Gasteiger partial charge in [0.1, 0.15) is 5.82 Å². The van der Waals surface area contributed by atoms with Gasteiger partial charge in [-0.2, -0.15) is 5.10 Å². The minimum atomic E-state index is -0.0263. The van der Waals surface area contributed by atoms with Crippen LogP contribution in [0, 0.1) is 13.8 Å². The Labute approximate surface area is 125 Å². The van der Waals surface area contributed by atoms with Crippen LogP contribution in [0.3, 0.4) is 0 Å². The molecular formula is C16H21N5. The molecule has 0 fully saturated rings. The summed E-state index contributed by atoms with van der Waals surface area (Å²) in [6.45, 7) is 12.1. The number of hydrogen-bond donors (Lipinski definition) is 0. The van der Waals surface area contributed by atoms with Crippen LogP contribution in [0.15, 0.2) is 12.4 Å². The zero-order chi connectivity index (χ0) is 15.2.